The van der Waals surface area contributed by atoms with E-state index in [0.29, 0.717) is 12.1 Å². The molecule has 3 rings (SSSR count). The van der Waals surface area contributed by atoms with Crippen LogP contribution in [0.15, 0.2) is 29.3 Å². The van der Waals surface area contributed by atoms with Crippen molar-refractivity contribution in [1.82, 2.24) is 20.4 Å². The van der Waals surface area contributed by atoms with E-state index in [1.54, 1.807) is 0 Å². The van der Waals surface area contributed by atoms with Crippen LogP contribution < -0.4 is 10.6 Å². The minimum absolute atomic E-state index is 0.520. The van der Waals surface area contributed by atoms with Crippen LogP contribution in [-0.2, 0) is 13.1 Å². The molecule has 5 nitrogen and oxygen atoms in total. The van der Waals surface area contributed by atoms with Crippen LogP contribution in [0.25, 0.3) is 0 Å². The molecule has 2 N–H and O–H groups in total. The first kappa shape index (κ1) is 23.1. The molecule has 168 valence electrons. The predicted octanol–water partition coefficient (Wildman–Crippen LogP) is 3.85. The molecule has 0 radical (unpaired) electrons. The molecule has 2 saturated heterocycles. The molecule has 5 heteroatoms. The Morgan fingerprint density at radius 3 is 2.40 bits per heavy atom. The Balaban J connectivity index is 1.49. The van der Waals surface area contributed by atoms with Crippen molar-refractivity contribution in [3.63, 3.8) is 0 Å². The fourth-order valence-corrected chi connectivity index (χ4v) is 4.68. The highest BCUT2D eigenvalue weighted by molar-refractivity contribution is 5.80. The minimum Gasteiger partial charge on any atom is -0.357 e. The van der Waals surface area contributed by atoms with Crippen molar-refractivity contribution in [3.05, 3.63) is 35.4 Å². The van der Waals surface area contributed by atoms with E-state index in [4.69, 9.17) is 4.99 Å². The van der Waals surface area contributed by atoms with Gasteiger partial charge < -0.3 is 15.5 Å². The summed E-state index contributed by atoms with van der Waals surface area (Å²) >= 11 is 0. The zero-order chi connectivity index (χ0) is 21.3. The number of hydrogen-bond donors (Lipinski definition) is 2. The van der Waals surface area contributed by atoms with Crippen molar-refractivity contribution in [2.24, 2.45) is 10.9 Å². The van der Waals surface area contributed by atoms with Gasteiger partial charge in [-0.05, 0) is 70.0 Å². The van der Waals surface area contributed by atoms with Crippen molar-refractivity contribution in [2.45, 2.75) is 78.6 Å². The fourth-order valence-electron chi connectivity index (χ4n) is 4.68. The van der Waals surface area contributed by atoms with E-state index in [9.17, 15) is 0 Å². The predicted molar refractivity (Wildman–Crippen MR) is 128 cm³/mol. The number of rotatable bonds is 7. The summed E-state index contributed by atoms with van der Waals surface area (Å²) in [7, 11) is 0. The van der Waals surface area contributed by atoms with Gasteiger partial charge in [-0.3, -0.25) is 4.90 Å². The van der Waals surface area contributed by atoms with E-state index in [0.717, 1.165) is 31.5 Å². The first-order valence-corrected chi connectivity index (χ1v) is 12.1. The molecule has 0 spiro atoms. The molecular weight excluding hydrogens is 370 g/mol. The molecule has 2 heterocycles. The van der Waals surface area contributed by atoms with Crippen LogP contribution in [0.2, 0.25) is 0 Å². The summed E-state index contributed by atoms with van der Waals surface area (Å²) in [5.74, 6) is 1.79. The van der Waals surface area contributed by atoms with E-state index in [1.807, 2.05) is 0 Å². The maximum Gasteiger partial charge on any atom is 0.191 e. The topological polar surface area (TPSA) is 42.9 Å². The van der Waals surface area contributed by atoms with Crippen LogP contribution in [0, 0.1) is 5.92 Å². The van der Waals surface area contributed by atoms with Gasteiger partial charge in [-0.1, -0.05) is 31.2 Å². The molecule has 1 unspecified atom stereocenters. The van der Waals surface area contributed by atoms with Crippen molar-refractivity contribution in [1.29, 1.82) is 0 Å². The van der Waals surface area contributed by atoms with Gasteiger partial charge in [0, 0.05) is 44.8 Å². The third kappa shape index (κ3) is 7.28. The molecule has 0 aliphatic carbocycles. The second kappa shape index (κ2) is 11.7. The summed E-state index contributed by atoms with van der Waals surface area (Å²) in [5.41, 5.74) is 2.69. The van der Waals surface area contributed by atoms with Crippen molar-refractivity contribution < 1.29 is 0 Å². The molecule has 1 aromatic rings. The first-order valence-electron chi connectivity index (χ1n) is 12.1. The van der Waals surface area contributed by atoms with Gasteiger partial charge in [0.15, 0.2) is 5.96 Å². The maximum atomic E-state index is 4.86. The van der Waals surface area contributed by atoms with Crippen LogP contribution in [0.1, 0.15) is 64.5 Å². The number of benzene rings is 1. The maximum absolute atomic E-state index is 4.86. The Hall–Kier alpha value is -1.59. The molecule has 0 saturated carbocycles. The lowest BCUT2D eigenvalue weighted by Gasteiger charge is -2.35. The standard InChI is InChI=1S/C25H43N5/c1-5-26-25(28-24-12-15-30(16-13-24)20(2)3)27-17-22-8-10-23(11-9-22)19-29-14-6-7-21(4)18-29/h8-11,20-21,24H,5-7,12-19H2,1-4H3,(H2,26,27,28). The molecule has 0 amide bonds. The smallest absolute Gasteiger partial charge is 0.191 e. The summed E-state index contributed by atoms with van der Waals surface area (Å²) in [4.78, 5) is 10.0. The van der Waals surface area contributed by atoms with Gasteiger partial charge in [-0.25, -0.2) is 4.99 Å². The Morgan fingerprint density at radius 1 is 1.07 bits per heavy atom. The molecule has 1 aromatic carbocycles. The summed E-state index contributed by atoms with van der Waals surface area (Å²) in [6.45, 7) is 16.6. The van der Waals surface area contributed by atoms with Gasteiger partial charge in [-0.2, -0.15) is 0 Å². The Bertz CT molecular complexity index is 646. The quantitative estimate of drug-likeness (QED) is 0.526. The van der Waals surface area contributed by atoms with E-state index in [1.165, 1.54) is 63.0 Å². The fraction of sp³-hybridized carbons (Fsp3) is 0.720. The zero-order valence-corrected chi connectivity index (χ0v) is 19.7. The second-order valence-corrected chi connectivity index (χ2v) is 9.54. The number of guanidine groups is 1. The van der Waals surface area contributed by atoms with E-state index in [-0.39, 0.29) is 0 Å². The number of piperidine rings is 2. The SMILES string of the molecule is CCNC(=NCc1ccc(CN2CCCC(C)C2)cc1)NC1CCN(C(C)C)CC1. The normalized spacial score (nSPS) is 22.4. The lowest BCUT2D eigenvalue weighted by atomic mass is 9.99. The van der Waals surface area contributed by atoms with Crippen LogP contribution in [-0.4, -0.2) is 60.6 Å². The lowest BCUT2D eigenvalue weighted by molar-refractivity contribution is 0.167. The highest BCUT2D eigenvalue weighted by Gasteiger charge is 2.21. The third-order valence-electron chi connectivity index (χ3n) is 6.53. The Kier molecular flexibility index (Phi) is 9.01. The lowest BCUT2D eigenvalue weighted by Crippen LogP contribution is -2.49. The second-order valence-electron chi connectivity index (χ2n) is 9.54. The molecule has 2 fully saturated rings. The summed E-state index contributed by atoms with van der Waals surface area (Å²) in [5, 5.41) is 7.08. The van der Waals surface area contributed by atoms with Crippen molar-refractivity contribution >= 4 is 5.96 Å². The summed E-state index contributed by atoms with van der Waals surface area (Å²) in [6.07, 6.45) is 5.09. The zero-order valence-electron chi connectivity index (χ0n) is 19.7. The Labute approximate surface area is 184 Å². The highest BCUT2D eigenvalue weighted by atomic mass is 15.2. The van der Waals surface area contributed by atoms with E-state index in [2.05, 4.69) is 72.4 Å². The number of nitrogens with zero attached hydrogens (tertiary/aromatic N) is 3. The van der Waals surface area contributed by atoms with Crippen LogP contribution in [0.3, 0.4) is 0 Å². The van der Waals surface area contributed by atoms with Gasteiger partial charge in [0.2, 0.25) is 0 Å². The summed E-state index contributed by atoms with van der Waals surface area (Å²) < 4.78 is 0. The van der Waals surface area contributed by atoms with Gasteiger partial charge in [0.25, 0.3) is 0 Å². The van der Waals surface area contributed by atoms with Gasteiger partial charge in [0.1, 0.15) is 0 Å². The van der Waals surface area contributed by atoms with Gasteiger partial charge in [-0.15, -0.1) is 0 Å². The van der Waals surface area contributed by atoms with Crippen LogP contribution in [0.5, 0.6) is 0 Å². The van der Waals surface area contributed by atoms with Gasteiger partial charge >= 0.3 is 0 Å². The molecule has 30 heavy (non-hydrogen) atoms. The average Bonchev–Trinajstić information content (AvgIpc) is 2.74. The number of likely N-dealkylation sites (tertiary alicyclic amines) is 2. The van der Waals surface area contributed by atoms with Crippen LogP contribution >= 0.6 is 0 Å². The molecule has 0 bridgehead atoms. The molecule has 0 aromatic heterocycles. The molecular formula is C25H43N5. The number of aliphatic imine (C=N–C) groups is 1. The number of nitrogens with one attached hydrogen (secondary N) is 2. The highest BCUT2D eigenvalue weighted by Crippen LogP contribution is 2.18. The number of hydrogen-bond acceptors (Lipinski definition) is 3. The van der Waals surface area contributed by atoms with Crippen molar-refractivity contribution in [3.8, 4) is 0 Å². The molecule has 2 aliphatic heterocycles. The molecule has 1 atom stereocenters. The minimum atomic E-state index is 0.520. The third-order valence-corrected chi connectivity index (χ3v) is 6.53. The largest absolute Gasteiger partial charge is 0.357 e. The summed E-state index contributed by atoms with van der Waals surface area (Å²) in [6, 6.07) is 10.2. The van der Waals surface area contributed by atoms with E-state index >= 15 is 0 Å². The van der Waals surface area contributed by atoms with E-state index < -0.39 is 0 Å². The molecule has 2 aliphatic rings. The van der Waals surface area contributed by atoms with Crippen molar-refractivity contribution in [2.75, 3.05) is 32.7 Å². The van der Waals surface area contributed by atoms with Gasteiger partial charge in [0.05, 0.1) is 6.54 Å². The first-order chi connectivity index (χ1) is 14.5. The Morgan fingerprint density at radius 2 is 1.77 bits per heavy atom. The van der Waals surface area contributed by atoms with Crippen LogP contribution in [0.4, 0.5) is 0 Å². The average molecular weight is 414 g/mol. The monoisotopic (exact) mass is 413 g/mol.